The molecule has 0 heterocycles. The Morgan fingerprint density at radius 1 is 0.967 bits per heavy atom. The van der Waals surface area contributed by atoms with Crippen LogP contribution in [0.5, 0.6) is 0 Å². The van der Waals surface area contributed by atoms with Crippen molar-refractivity contribution in [3.05, 3.63) is 87.9 Å². The first-order valence-corrected chi connectivity index (χ1v) is 11.0. The van der Waals surface area contributed by atoms with Gasteiger partial charge in [0.1, 0.15) is 4.90 Å². The Balaban J connectivity index is 1.82. The van der Waals surface area contributed by atoms with Crippen molar-refractivity contribution in [1.82, 2.24) is 0 Å². The van der Waals surface area contributed by atoms with E-state index in [1.807, 2.05) is 0 Å². The standard InChI is InChI=1S/C21H18Cl2N2O4S/c1-29-13-14-6-8-15(9-7-14)21(26)24-16-10-11-18(23)20(12-16)30(27,28)25-19-5-3-2-4-17(19)22/h2-12,25H,13H2,1H3,(H,24,26). The van der Waals surface area contributed by atoms with Gasteiger partial charge in [-0.25, -0.2) is 8.42 Å². The van der Waals surface area contributed by atoms with Crippen LogP contribution in [0.3, 0.4) is 0 Å². The number of hydrogen-bond donors (Lipinski definition) is 2. The van der Waals surface area contributed by atoms with E-state index in [1.165, 1.54) is 24.3 Å². The number of rotatable bonds is 7. The van der Waals surface area contributed by atoms with Gasteiger partial charge in [-0.05, 0) is 48.0 Å². The smallest absolute Gasteiger partial charge is 0.263 e. The monoisotopic (exact) mass is 464 g/mol. The Kier molecular flexibility index (Phi) is 6.99. The zero-order valence-corrected chi connectivity index (χ0v) is 18.2. The van der Waals surface area contributed by atoms with Crippen molar-refractivity contribution in [2.75, 3.05) is 17.1 Å². The number of carbonyl (C=O) groups excluding carboxylic acids is 1. The second-order valence-corrected chi connectivity index (χ2v) is 8.78. The lowest BCUT2D eigenvalue weighted by Crippen LogP contribution is -2.16. The van der Waals surface area contributed by atoms with Gasteiger partial charge in [0.15, 0.2) is 0 Å². The summed E-state index contributed by atoms with van der Waals surface area (Å²) in [7, 11) is -2.44. The minimum atomic E-state index is -4.03. The van der Waals surface area contributed by atoms with Crippen LogP contribution in [0.1, 0.15) is 15.9 Å². The fourth-order valence-electron chi connectivity index (χ4n) is 2.65. The number of carbonyl (C=O) groups is 1. The fraction of sp³-hybridized carbons (Fsp3) is 0.0952. The average Bonchev–Trinajstić information content (AvgIpc) is 2.71. The molecular formula is C21H18Cl2N2O4S. The molecule has 0 aromatic heterocycles. The maximum atomic E-state index is 12.8. The number of para-hydroxylation sites is 1. The lowest BCUT2D eigenvalue weighted by Gasteiger charge is -2.13. The van der Waals surface area contributed by atoms with Crippen LogP contribution in [0, 0.1) is 0 Å². The lowest BCUT2D eigenvalue weighted by atomic mass is 10.1. The second kappa shape index (κ2) is 9.49. The number of nitrogens with one attached hydrogen (secondary N) is 2. The maximum absolute atomic E-state index is 12.8. The summed E-state index contributed by atoms with van der Waals surface area (Å²) in [4.78, 5) is 12.3. The van der Waals surface area contributed by atoms with Gasteiger partial charge >= 0.3 is 0 Å². The number of hydrogen-bond acceptors (Lipinski definition) is 4. The van der Waals surface area contributed by atoms with Crippen molar-refractivity contribution in [3.63, 3.8) is 0 Å². The molecule has 30 heavy (non-hydrogen) atoms. The topological polar surface area (TPSA) is 84.5 Å². The molecule has 2 N–H and O–H groups in total. The summed E-state index contributed by atoms with van der Waals surface area (Å²) < 4.78 is 33.1. The third-order valence-corrected chi connectivity index (χ3v) is 6.30. The van der Waals surface area contributed by atoms with Gasteiger partial charge in [0.05, 0.1) is 22.3 Å². The fourth-order valence-corrected chi connectivity index (χ4v) is 4.50. The van der Waals surface area contributed by atoms with E-state index < -0.39 is 10.0 Å². The zero-order valence-electron chi connectivity index (χ0n) is 15.9. The van der Waals surface area contributed by atoms with E-state index >= 15 is 0 Å². The first kappa shape index (κ1) is 22.1. The molecule has 3 rings (SSSR count). The van der Waals surface area contributed by atoms with Gasteiger partial charge in [-0.15, -0.1) is 0 Å². The van der Waals surface area contributed by atoms with Crippen LogP contribution < -0.4 is 10.0 Å². The molecule has 3 aromatic rings. The quantitative estimate of drug-likeness (QED) is 0.503. The SMILES string of the molecule is COCc1ccc(C(=O)Nc2ccc(Cl)c(S(=O)(=O)Nc3ccccc3Cl)c2)cc1. The zero-order chi connectivity index (χ0) is 21.7. The maximum Gasteiger partial charge on any atom is 0.263 e. The molecule has 6 nitrogen and oxygen atoms in total. The average molecular weight is 465 g/mol. The Morgan fingerprint density at radius 2 is 1.67 bits per heavy atom. The van der Waals surface area contributed by atoms with Crippen molar-refractivity contribution < 1.29 is 17.9 Å². The number of methoxy groups -OCH3 is 1. The van der Waals surface area contributed by atoms with Crippen molar-refractivity contribution in [1.29, 1.82) is 0 Å². The Bertz CT molecular complexity index is 1170. The number of sulfonamides is 1. The predicted octanol–water partition coefficient (Wildman–Crippen LogP) is 5.19. The molecule has 0 saturated carbocycles. The molecule has 1 amide bonds. The third-order valence-electron chi connectivity index (χ3n) is 4.12. The van der Waals surface area contributed by atoms with Crippen LogP contribution in [0.15, 0.2) is 71.6 Å². The first-order chi connectivity index (χ1) is 14.3. The summed E-state index contributed by atoms with van der Waals surface area (Å²) >= 11 is 12.1. The molecule has 0 radical (unpaired) electrons. The molecule has 0 aliphatic carbocycles. The number of benzene rings is 3. The van der Waals surface area contributed by atoms with Gasteiger partial charge in [0, 0.05) is 18.4 Å². The first-order valence-electron chi connectivity index (χ1n) is 8.76. The summed E-state index contributed by atoms with van der Waals surface area (Å²) in [5, 5.41) is 2.94. The summed E-state index contributed by atoms with van der Waals surface area (Å²) in [6.45, 7) is 0.443. The van der Waals surface area contributed by atoms with Gasteiger partial charge in [-0.2, -0.15) is 0 Å². The third kappa shape index (κ3) is 5.31. The highest BCUT2D eigenvalue weighted by atomic mass is 35.5. The van der Waals surface area contributed by atoms with E-state index in [2.05, 4.69) is 10.0 Å². The van der Waals surface area contributed by atoms with E-state index in [0.29, 0.717) is 12.2 Å². The normalized spacial score (nSPS) is 11.2. The van der Waals surface area contributed by atoms with Crippen LogP contribution in [0.4, 0.5) is 11.4 Å². The highest BCUT2D eigenvalue weighted by Gasteiger charge is 2.20. The van der Waals surface area contributed by atoms with E-state index in [9.17, 15) is 13.2 Å². The summed E-state index contributed by atoms with van der Waals surface area (Å²) in [6, 6.07) is 17.5. The van der Waals surface area contributed by atoms with Crippen LogP contribution in [-0.2, 0) is 21.4 Å². The van der Waals surface area contributed by atoms with E-state index in [1.54, 1.807) is 49.6 Å². The molecule has 3 aromatic carbocycles. The molecule has 0 fully saturated rings. The number of amides is 1. The largest absolute Gasteiger partial charge is 0.380 e. The number of anilines is 2. The molecule has 0 unspecified atom stereocenters. The van der Waals surface area contributed by atoms with Crippen LogP contribution in [0.2, 0.25) is 10.0 Å². The van der Waals surface area contributed by atoms with Crippen LogP contribution in [-0.4, -0.2) is 21.4 Å². The predicted molar refractivity (Wildman–Crippen MR) is 119 cm³/mol. The summed E-state index contributed by atoms with van der Waals surface area (Å²) in [5.74, 6) is -0.385. The highest BCUT2D eigenvalue weighted by Crippen LogP contribution is 2.29. The number of halogens is 2. The van der Waals surface area contributed by atoms with E-state index in [4.69, 9.17) is 27.9 Å². The highest BCUT2D eigenvalue weighted by molar-refractivity contribution is 7.92. The molecule has 9 heteroatoms. The van der Waals surface area contributed by atoms with Crippen molar-refractivity contribution in [3.8, 4) is 0 Å². The van der Waals surface area contributed by atoms with Crippen molar-refractivity contribution in [2.24, 2.45) is 0 Å². The van der Waals surface area contributed by atoms with E-state index in [-0.39, 0.29) is 32.2 Å². The van der Waals surface area contributed by atoms with Gasteiger partial charge in [-0.1, -0.05) is 47.5 Å². The Labute approximate surface area is 184 Å². The van der Waals surface area contributed by atoms with Gasteiger partial charge in [0.2, 0.25) is 0 Å². The molecule has 0 atom stereocenters. The minimum absolute atomic E-state index is 0.0106. The summed E-state index contributed by atoms with van der Waals surface area (Å²) in [6.07, 6.45) is 0. The second-order valence-electron chi connectivity index (χ2n) is 6.31. The number of ether oxygens (including phenoxy) is 1. The molecule has 156 valence electrons. The van der Waals surface area contributed by atoms with Gasteiger partial charge in [-0.3, -0.25) is 9.52 Å². The van der Waals surface area contributed by atoms with Crippen molar-refractivity contribution >= 4 is 50.5 Å². The molecule has 0 aliphatic rings. The molecule has 0 spiro atoms. The minimum Gasteiger partial charge on any atom is -0.380 e. The lowest BCUT2D eigenvalue weighted by molar-refractivity contribution is 0.102. The van der Waals surface area contributed by atoms with Crippen LogP contribution >= 0.6 is 23.2 Å². The van der Waals surface area contributed by atoms with Gasteiger partial charge < -0.3 is 10.1 Å². The van der Waals surface area contributed by atoms with Gasteiger partial charge in [0.25, 0.3) is 15.9 Å². The molecule has 0 aliphatic heterocycles. The Hall–Kier alpha value is -2.58. The molecular weight excluding hydrogens is 447 g/mol. The van der Waals surface area contributed by atoms with E-state index in [0.717, 1.165) is 5.56 Å². The Morgan fingerprint density at radius 3 is 2.33 bits per heavy atom. The summed E-state index contributed by atoms with van der Waals surface area (Å²) in [5.41, 5.74) is 1.86. The molecule has 0 saturated heterocycles. The molecule has 0 bridgehead atoms. The van der Waals surface area contributed by atoms with Crippen LogP contribution in [0.25, 0.3) is 0 Å². The van der Waals surface area contributed by atoms with Crippen molar-refractivity contribution in [2.45, 2.75) is 11.5 Å².